The summed E-state index contributed by atoms with van der Waals surface area (Å²) in [6.07, 6.45) is 0. The van der Waals surface area contributed by atoms with Gasteiger partial charge in [0.15, 0.2) is 5.58 Å². The van der Waals surface area contributed by atoms with Crippen LogP contribution < -0.4 is 11.1 Å². The van der Waals surface area contributed by atoms with E-state index in [0.29, 0.717) is 5.58 Å². The van der Waals surface area contributed by atoms with Crippen LogP contribution in [0.15, 0.2) is 27.4 Å². The zero-order valence-corrected chi connectivity index (χ0v) is 8.13. The number of fused-ring (bicyclic) bond motifs is 1. The Morgan fingerprint density at radius 3 is 3.00 bits per heavy atom. The number of hydrogen-bond donors (Lipinski definition) is 2. The van der Waals surface area contributed by atoms with Gasteiger partial charge < -0.3 is 9.73 Å². The largest absolute Gasteiger partial charge is 0.417 e. The van der Waals surface area contributed by atoms with E-state index in [1.807, 2.05) is 32.2 Å². The van der Waals surface area contributed by atoms with Crippen LogP contribution in [0.2, 0.25) is 0 Å². The molecule has 1 aromatic carbocycles. The van der Waals surface area contributed by atoms with E-state index in [-0.39, 0.29) is 6.04 Å². The van der Waals surface area contributed by atoms with E-state index >= 15 is 0 Å². The van der Waals surface area contributed by atoms with Crippen LogP contribution in [0.25, 0.3) is 11.1 Å². The molecule has 0 bridgehead atoms. The topological polar surface area (TPSA) is 58.0 Å². The summed E-state index contributed by atoms with van der Waals surface area (Å²) in [6.45, 7) is 2.05. The summed E-state index contributed by atoms with van der Waals surface area (Å²) in [5.41, 5.74) is 2.44. The van der Waals surface area contributed by atoms with Crippen LogP contribution in [0, 0.1) is 0 Å². The lowest BCUT2D eigenvalue weighted by Crippen LogP contribution is -2.11. The molecular weight excluding hydrogens is 180 g/mol. The molecule has 1 unspecified atom stereocenters. The second kappa shape index (κ2) is 3.31. The Morgan fingerprint density at radius 2 is 2.29 bits per heavy atom. The highest BCUT2D eigenvalue weighted by molar-refractivity contribution is 5.72. The van der Waals surface area contributed by atoms with Gasteiger partial charge in [0.05, 0.1) is 5.52 Å². The molecule has 14 heavy (non-hydrogen) atoms. The first kappa shape index (κ1) is 9.02. The molecule has 4 heteroatoms. The van der Waals surface area contributed by atoms with Gasteiger partial charge >= 0.3 is 5.76 Å². The van der Waals surface area contributed by atoms with E-state index in [1.165, 1.54) is 0 Å². The molecule has 2 aromatic rings. The average Bonchev–Trinajstić information content (AvgIpc) is 2.55. The summed E-state index contributed by atoms with van der Waals surface area (Å²) >= 11 is 0. The molecule has 1 heterocycles. The predicted molar refractivity (Wildman–Crippen MR) is 54.3 cm³/mol. The van der Waals surface area contributed by atoms with Crippen LogP contribution in [0.5, 0.6) is 0 Å². The van der Waals surface area contributed by atoms with Crippen molar-refractivity contribution in [2.24, 2.45) is 0 Å². The second-order valence-electron chi connectivity index (χ2n) is 3.28. The van der Waals surface area contributed by atoms with Crippen molar-refractivity contribution >= 4 is 11.1 Å². The third-order valence-electron chi connectivity index (χ3n) is 2.38. The van der Waals surface area contributed by atoms with Gasteiger partial charge in [0.1, 0.15) is 0 Å². The number of hydrogen-bond acceptors (Lipinski definition) is 3. The molecule has 0 aliphatic rings. The van der Waals surface area contributed by atoms with Crippen LogP contribution >= 0.6 is 0 Å². The van der Waals surface area contributed by atoms with Gasteiger partial charge in [-0.1, -0.05) is 6.07 Å². The Labute approximate surface area is 80.9 Å². The summed E-state index contributed by atoms with van der Waals surface area (Å²) in [7, 11) is 1.89. The normalized spacial score (nSPS) is 13.3. The van der Waals surface area contributed by atoms with E-state index < -0.39 is 5.76 Å². The standard InChI is InChI=1S/C10H12N2O2/c1-6(11-2)7-3-4-8-9(5-7)14-10(13)12-8/h3-6,11H,1-2H3,(H,12,13). The zero-order valence-electron chi connectivity index (χ0n) is 8.13. The summed E-state index contributed by atoms with van der Waals surface area (Å²) in [5, 5.41) is 3.12. The quantitative estimate of drug-likeness (QED) is 0.756. The number of H-pyrrole nitrogens is 1. The lowest BCUT2D eigenvalue weighted by molar-refractivity contribution is 0.554. The number of oxazole rings is 1. The second-order valence-corrected chi connectivity index (χ2v) is 3.28. The first-order valence-electron chi connectivity index (χ1n) is 4.51. The minimum absolute atomic E-state index is 0.250. The summed E-state index contributed by atoms with van der Waals surface area (Å²) in [4.78, 5) is 13.5. The maximum Gasteiger partial charge on any atom is 0.417 e. The molecule has 0 saturated heterocycles. The van der Waals surface area contributed by atoms with Crippen LogP contribution in [0.1, 0.15) is 18.5 Å². The first-order valence-corrected chi connectivity index (χ1v) is 4.51. The molecule has 0 amide bonds. The molecule has 1 atom stereocenters. The fraction of sp³-hybridized carbons (Fsp3) is 0.300. The van der Waals surface area contributed by atoms with Crippen molar-refractivity contribution in [3.63, 3.8) is 0 Å². The fourth-order valence-corrected chi connectivity index (χ4v) is 1.40. The third-order valence-corrected chi connectivity index (χ3v) is 2.38. The van der Waals surface area contributed by atoms with Crippen LogP contribution in [0.4, 0.5) is 0 Å². The maximum atomic E-state index is 10.9. The average molecular weight is 192 g/mol. The van der Waals surface area contributed by atoms with Crippen LogP contribution in [-0.4, -0.2) is 12.0 Å². The van der Waals surface area contributed by atoms with Crippen molar-refractivity contribution in [3.8, 4) is 0 Å². The molecule has 1 aromatic heterocycles. The first-order chi connectivity index (χ1) is 6.70. The monoisotopic (exact) mass is 192 g/mol. The lowest BCUT2D eigenvalue weighted by atomic mass is 10.1. The highest BCUT2D eigenvalue weighted by Crippen LogP contribution is 2.17. The van der Waals surface area contributed by atoms with E-state index in [4.69, 9.17) is 4.42 Å². The number of benzene rings is 1. The van der Waals surface area contributed by atoms with Crippen molar-refractivity contribution in [1.82, 2.24) is 10.3 Å². The number of aromatic nitrogens is 1. The molecule has 0 aliphatic carbocycles. The van der Waals surface area contributed by atoms with Gasteiger partial charge in [0.25, 0.3) is 0 Å². The van der Waals surface area contributed by atoms with Gasteiger partial charge in [-0.2, -0.15) is 0 Å². The Hall–Kier alpha value is -1.55. The van der Waals surface area contributed by atoms with Gasteiger partial charge in [0.2, 0.25) is 0 Å². The van der Waals surface area contributed by atoms with Gasteiger partial charge in [-0.25, -0.2) is 4.79 Å². The molecule has 2 rings (SSSR count). The van der Waals surface area contributed by atoms with Crippen molar-refractivity contribution in [3.05, 3.63) is 34.3 Å². The van der Waals surface area contributed by atoms with E-state index in [9.17, 15) is 4.79 Å². The highest BCUT2D eigenvalue weighted by Gasteiger charge is 2.05. The predicted octanol–water partition coefficient (Wildman–Crippen LogP) is 1.40. The highest BCUT2D eigenvalue weighted by atomic mass is 16.4. The molecule has 0 aliphatic heterocycles. The molecule has 0 fully saturated rings. The molecule has 0 radical (unpaired) electrons. The van der Waals surface area contributed by atoms with E-state index in [1.54, 1.807) is 0 Å². The summed E-state index contributed by atoms with van der Waals surface area (Å²) < 4.78 is 4.96. The fourth-order valence-electron chi connectivity index (χ4n) is 1.40. The summed E-state index contributed by atoms with van der Waals surface area (Å²) in [6, 6.07) is 5.94. The minimum atomic E-state index is -0.408. The van der Waals surface area contributed by atoms with Crippen LogP contribution in [0.3, 0.4) is 0 Å². The lowest BCUT2D eigenvalue weighted by Gasteiger charge is -2.09. The van der Waals surface area contributed by atoms with Gasteiger partial charge in [-0.15, -0.1) is 0 Å². The van der Waals surface area contributed by atoms with Crippen molar-refractivity contribution in [1.29, 1.82) is 0 Å². The smallest absolute Gasteiger partial charge is 0.408 e. The van der Waals surface area contributed by atoms with Gasteiger partial charge in [0, 0.05) is 6.04 Å². The Morgan fingerprint density at radius 1 is 1.50 bits per heavy atom. The van der Waals surface area contributed by atoms with Crippen molar-refractivity contribution in [2.75, 3.05) is 7.05 Å². The van der Waals surface area contributed by atoms with Crippen molar-refractivity contribution < 1.29 is 4.42 Å². The Balaban J connectivity index is 2.55. The summed E-state index contributed by atoms with van der Waals surface area (Å²) in [5.74, 6) is -0.408. The molecule has 74 valence electrons. The van der Waals surface area contributed by atoms with E-state index in [0.717, 1.165) is 11.1 Å². The number of rotatable bonds is 2. The third kappa shape index (κ3) is 1.44. The molecule has 0 saturated carbocycles. The zero-order chi connectivity index (χ0) is 10.1. The molecule has 4 nitrogen and oxygen atoms in total. The Kier molecular flexibility index (Phi) is 2.13. The maximum absolute atomic E-state index is 10.9. The molecule has 2 N–H and O–H groups in total. The number of aromatic amines is 1. The SMILES string of the molecule is CNC(C)c1ccc2[nH]c(=O)oc2c1. The minimum Gasteiger partial charge on any atom is -0.408 e. The Bertz CT molecular complexity index is 498. The van der Waals surface area contributed by atoms with Crippen LogP contribution in [-0.2, 0) is 0 Å². The van der Waals surface area contributed by atoms with Crippen molar-refractivity contribution in [2.45, 2.75) is 13.0 Å². The van der Waals surface area contributed by atoms with Gasteiger partial charge in [-0.3, -0.25) is 4.98 Å². The molecular formula is C10H12N2O2. The molecule has 0 spiro atoms. The number of nitrogens with one attached hydrogen (secondary N) is 2. The van der Waals surface area contributed by atoms with Gasteiger partial charge in [-0.05, 0) is 31.7 Å². The van der Waals surface area contributed by atoms with E-state index in [2.05, 4.69) is 10.3 Å².